The molecule has 1 fully saturated rings. The molecule has 0 bridgehead atoms. The average Bonchev–Trinajstić information content (AvgIpc) is 3.05. The van der Waals surface area contributed by atoms with Gasteiger partial charge in [-0.3, -0.25) is 9.58 Å². The van der Waals surface area contributed by atoms with E-state index in [1.54, 1.807) is 17.5 Å². The van der Waals surface area contributed by atoms with Crippen LogP contribution < -0.4 is 4.74 Å². The highest BCUT2D eigenvalue weighted by atomic mass is 32.2. The monoisotopic (exact) mass is 364 g/mol. The molecule has 2 heterocycles. The minimum atomic E-state index is -3.44. The van der Waals surface area contributed by atoms with E-state index in [4.69, 9.17) is 4.74 Å². The molecule has 7 nitrogen and oxygen atoms in total. The van der Waals surface area contributed by atoms with Crippen LogP contribution in [0.15, 0.2) is 41.6 Å². The van der Waals surface area contributed by atoms with Crippen LogP contribution in [-0.4, -0.2) is 60.2 Å². The minimum absolute atomic E-state index is 0.259. The van der Waals surface area contributed by atoms with Crippen LogP contribution in [0, 0.1) is 0 Å². The number of benzene rings is 1. The van der Waals surface area contributed by atoms with Gasteiger partial charge in [-0.05, 0) is 24.6 Å². The molecule has 136 valence electrons. The summed E-state index contributed by atoms with van der Waals surface area (Å²) in [5.74, 6) is 0.874. The second kappa shape index (κ2) is 7.55. The quantitative estimate of drug-likeness (QED) is 0.773. The predicted molar refractivity (Wildman–Crippen MR) is 94.9 cm³/mol. The van der Waals surface area contributed by atoms with Gasteiger partial charge in [-0.25, -0.2) is 8.42 Å². The summed E-state index contributed by atoms with van der Waals surface area (Å²) in [4.78, 5) is 2.53. The summed E-state index contributed by atoms with van der Waals surface area (Å²) < 4.78 is 33.7. The summed E-state index contributed by atoms with van der Waals surface area (Å²) in [5.41, 5.74) is 1.20. The fraction of sp³-hybridized carbons (Fsp3) is 0.471. The number of aromatic nitrogens is 2. The van der Waals surface area contributed by atoms with Gasteiger partial charge >= 0.3 is 0 Å². The number of hydrogen-bond acceptors (Lipinski definition) is 5. The van der Waals surface area contributed by atoms with Crippen molar-refractivity contribution in [2.24, 2.45) is 7.05 Å². The summed E-state index contributed by atoms with van der Waals surface area (Å²) in [7, 11) is -1.73. The second-order valence-electron chi connectivity index (χ2n) is 6.11. The summed E-state index contributed by atoms with van der Waals surface area (Å²) in [6.45, 7) is 5.86. The minimum Gasteiger partial charge on any atom is -0.494 e. The third kappa shape index (κ3) is 4.20. The number of rotatable bonds is 6. The molecule has 3 rings (SSSR count). The van der Waals surface area contributed by atoms with Gasteiger partial charge in [0.2, 0.25) is 10.0 Å². The summed E-state index contributed by atoms with van der Waals surface area (Å²) in [5, 5.41) is 3.96. The van der Waals surface area contributed by atoms with E-state index in [-0.39, 0.29) is 4.90 Å². The van der Waals surface area contributed by atoms with Crippen molar-refractivity contribution in [2.75, 3.05) is 32.8 Å². The molecule has 2 aromatic rings. The zero-order valence-corrected chi connectivity index (χ0v) is 15.4. The highest BCUT2D eigenvalue weighted by Crippen LogP contribution is 2.18. The lowest BCUT2D eigenvalue weighted by Crippen LogP contribution is -2.48. The molecule has 1 aromatic carbocycles. The van der Waals surface area contributed by atoms with E-state index in [1.165, 1.54) is 16.4 Å². The van der Waals surface area contributed by atoms with Crippen molar-refractivity contribution in [1.29, 1.82) is 0 Å². The molecule has 0 N–H and O–H groups in total. The lowest BCUT2D eigenvalue weighted by molar-refractivity contribution is 0.181. The lowest BCUT2D eigenvalue weighted by Gasteiger charge is -2.33. The molecule has 1 saturated heterocycles. The Balaban J connectivity index is 1.56. The van der Waals surface area contributed by atoms with Crippen LogP contribution in [0.3, 0.4) is 0 Å². The van der Waals surface area contributed by atoms with Gasteiger partial charge in [0.1, 0.15) is 10.6 Å². The van der Waals surface area contributed by atoms with E-state index in [0.29, 0.717) is 32.8 Å². The highest BCUT2D eigenvalue weighted by molar-refractivity contribution is 7.89. The third-order valence-electron chi connectivity index (χ3n) is 4.29. The van der Waals surface area contributed by atoms with Gasteiger partial charge in [0, 0.05) is 46.0 Å². The van der Waals surface area contributed by atoms with Crippen molar-refractivity contribution in [1.82, 2.24) is 19.0 Å². The molecule has 0 unspecified atom stereocenters. The maximum Gasteiger partial charge on any atom is 0.246 e. The fourth-order valence-corrected chi connectivity index (χ4v) is 4.33. The Morgan fingerprint density at radius 2 is 1.80 bits per heavy atom. The second-order valence-corrected chi connectivity index (χ2v) is 8.04. The molecular weight excluding hydrogens is 340 g/mol. The van der Waals surface area contributed by atoms with E-state index in [1.807, 2.05) is 19.1 Å². The first-order chi connectivity index (χ1) is 12.0. The Kier molecular flexibility index (Phi) is 5.41. The maximum absolute atomic E-state index is 12.6. The summed E-state index contributed by atoms with van der Waals surface area (Å²) in [6, 6.07) is 8.07. The molecule has 0 radical (unpaired) electrons. The SMILES string of the molecule is CCOc1ccc(CN2CCN(S(=O)(=O)c3cnn(C)c3)CC2)cc1. The molecule has 0 spiro atoms. The Morgan fingerprint density at radius 1 is 1.12 bits per heavy atom. The van der Waals surface area contributed by atoms with E-state index >= 15 is 0 Å². The van der Waals surface area contributed by atoms with Gasteiger partial charge < -0.3 is 4.74 Å². The van der Waals surface area contributed by atoms with Crippen LogP contribution in [0.1, 0.15) is 12.5 Å². The van der Waals surface area contributed by atoms with Crippen molar-refractivity contribution in [3.63, 3.8) is 0 Å². The van der Waals surface area contributed by atoms with E-state index in [0.717, 1.165) is 12.3 Å². The first-order valence-electron chi connectivity index (χ1n) is 8.42. The Labute approximate surface area is 148 Å². The summed E-state index contributed by atoms with van der Waals surface area (Å²) >= 11 is 0. The van der Waals surface area contributed by atoms with E-state index in [2.05, 4.69) is 22.1 Å². The van der Waals surface area contributed by atoms with Crippen LogP contribution in [-0.2, 0) is 23.6 Å². The average molecular weight is 364 g/mol. The molecule has 25 heavy (non-hydrogen) atoms. The predicted octanol–water partition coefficient (Wildman–Crippen LogP) is 1.33. The standard InChI is InChI=1S/C17H24N4O3S/c1-3-24-16-6-4-15(5-7-16)13-20-8-10-21(11-9-20)25(22,23)17-12-18-19(2)14-17/h4-7,12,14H,3,8-11,13H2,1-2H3. The molecular formula is C17H24N4O3S. The lowest BCUT2D eigenvalue weighted by atomic mass is 10.2. The van der Waals surface area contributed by atoms with Crippen LogP contribution in [0.2, 0.25) is 0 Å². The molecule has 1 aromatic heterocycles. The maximum atomic E-state index is 12.6. The van der Waals surface area contributed by atoms with Crippen LogP contribution >= 0.6 is 0 Å². The highest BCUT2D eigenvalue weighted by Gasteiger charge is 2.29. The van der Waals surface area contributed by atoms with Crippen LogP contribution in [0.5, 0.6) is 5.75 Å². The van der Waals surface area contributed by atoms with Gasteiger partial charge in [0.05, 0.1) is 12.8 Å². The molecule has 1 aliphatic heterocycles. The van der Waals surface area contributed by atoms with Crippen molar-refractivity contribution in [2.45, 2.75) is 18.4 Å². The molecule has 0 saturated carbocycles. The van der Waals surface area contributed by atoms with Gasteiger partial charge in [-0.15, -0.1) is 0 Å². The smallest absolute Gasteiger partial charge is 0.246 e. The summed E-state index contributed by atoms with van der Waals surface area (Å²) in [6.07, 6.45) is 2.95. The van der Waals surface area contributed by atoms with Crippen molar-refractivity contribution >= 4 is 10.0 Å². The number of ether oxygens (including phenoxy) is 1. The number of aryl methyl sites for hydroxylation is 1. The Bertz CT molecular complexity index is 794. The number of hydrogen-bond donors (Lipinski definition) is 0. The molecule has 8 heteroatoms. The number of nitrogens with zero attached hydrogens (tertiary/aromatic N) is 4. The van der Waals surface area contributed by atoms with E-state index < -0.39 is 10.0 Å². The van der Waals surface area contributed by atoms with Gasteiger partial charge in [0.15, 0.2) is 0 Å². The zero-order valence-electron chi connectivity index (χ0n) is 14.6. The largest absolute Gasteiger partial charge is 0.494 e. The van der Waals surface area contributed by atoms with Crippen molar-refractivity contribution < 1.29 is 13.2 Å². The van der Waals surface area contributed by atoms with Crippen molar-refractivity contribution in [3.8, 4) is 5.75 Å². The normalized spacial score (nSPS) is 16.9. The first kappa shape index (κ1) is 17.9. The van der Waals surface area contributed by atoms with Gasteiger partial charge in [-0.1, -0.05) is 12.1 Å². The first-order valence-corrected chi connectivity index (χ1v) is 9.86. The van der Waals surface area contributed by atoms with E-state index in [9.17, 15) is 8.42 Å². The van der Waals surface area contributed by atoms with Crippen LogP contribution in [0.4, 0.5) is 0 Å². The molecule has 0 aliphatic carbocycles. The third-order valence-corrected chi connectivity index (χ3v) is 6.14. The molecule has 0 atom stereocenters. The Hall–Kier alpha value is -1.90. The van der Waals surface area contributed by atoms with Crippen molar-refractivity contribution in [3.05, 3.63) is 42.2 Å². The Morgan fingerprint density at radius 3 is 2.36 bits per heavy atom. The zero-order chi connectivity index (χ0) is 17.9. The topological polar surface area (TPSA) is 67.7 Å². The van der Waals surface area contributed by atoms with Gasteiger partial charge in [0.25, 0.3) is 0 Å². The molecule has 1 aliphatic rings. The molecule has 0 amide bonds. The number of piperazine rings is 1. The van der Waals surface area contributed by atoms with Crippen LogP contribution in [0.25, 0.3) is 0 Å². The van der Waals surface area contributed by atoms with Gasteiger partial charge in [-0.2, -0.15) is 9.40 Å². The fourth-order valence-electron chi connectivity index (χ4n) is 2.93. The number of sulfonamides is 1.